The fourth-order valence-corrected chi connectivity index (χ4v) is 1.78. The van der Waals surface area contributed by atoms with Gasteiger partial charge in [0.15, 0.2) is 0 Å². The first-order valence-electron chi connectivity index (χ1n) is 5.79. The largest absolute Gasteiger partial charge is 0.479 e. The molecule has 0 unspecified atom stereocenters. The van der Waals surface area contributed by atoms with Gasteiger partial charge in [0.25, 0.3) is 0 Å². The van der Waals surface area contributed by atoms with E-state index in [-0.39, 0.29) is 0 Å². The van der Waals surface area contributed by atoms with Gasteiger partial charge < -0.3 is 9.84 Å². The van der Waals surface area contributed by atoms with Crippen LogP contribution in [0.15, 0.2) is 0 Å². The first kappa shape index (κ1) is 13.0. The molecule has 1 fully saturated rings. The predicted octanol–water partition coefficient (Wildman–Crippen LogP) is 0.927. The van der Waals surface area contributed by atoms with E-state index >= 15 is 0 Å². The van der Waals surface area contributed by atoms with Crippen molar-refractivity contribution in [2.24, 2.45) is 0 Å². The standard InChI is InChI=1S/C11H19NO4/c1-2-3-8-16-10(15)11(9(13)14)6-4-5-7-12-11/h12H,2-8H2,1H3,(H,13,14)/t11-/m1/s1. The normalized spacial score (nSPS) is 25.1. The van der Waals surface area contributed by atoms with Gasteiger partial charge in [0.1, 0.15) is 0 Å². The third-order valence-electron chi connectivity index (χ3n) is 2.85. The van der Waals surface area contributed by atoms with Gasteiger partial charge >= 0.3 is 11.9 Å². The van der Waals surface area contributed by atoms with Gasteiger partial charge in [-0.25, -0.2) is 9.59 Å². The summed E-state index contributed by atoms with van der Waals surface area (Å²) < 4.78 is 5.00. The Balaban J connectivity index is 2.61. The summed E-state index contributed by atoms with van der Waals surface area (Å²) in [5, 5.41) is 11.9. The lowest BCUT2D eigenvalue weighted by atomic mass is 9.89. The lowest BCUT2D eigenvalue weighted by Crippen LogP contribution is -2.61. The molecule has 1 heterocycles. The zero-order valence-corrected chi connectivity index (χ0v) is 9.62. The van der Waals surface area contributed by atoms with Crippen LogP contribution in [0.3, 0.4) is 0 Å². The van der Waals surface area contributed by atoms with Crippen LogP contribution in [0.4, 0.5) is 0 Å². The summed E-state index contributed by atoms with van der Waals surface area (Å²) in [6.07, 6.45) is 3.63. The Labute approximate surface area is 95.2 Å². The second kappa shape index (κ2) is 5.84. The van der Waals surface area contributed by atoms with E-state index in [0.717, 1.165) is 25.7 Å². The minimum Gasteiger partial charge on any atom is -0.479 e. The van der Waals surface area contributed by atoms with Gasteiger partial charge in [-0.2, -0.15) is 0 Å². The summed E-state index contributed by atoms with van der Waals surface area (Å²) >= 11 is 0. The topological polar surface area (TPSA) is 75.6 Å². The number of carbonyl (C=O) groups is 2. The lowest BCUT2D eigenvalue weighted by molar-refractivity contribution is -0.164. The quantitative estimate of drug-likeness (QED) is 0.416. The highest BCUT2D eigenvalue weighted by Gasteiger charge is 2.48. The third kappa shape index (κ3) is 2.72. The predicted molar refractivity (Wildman–Crippen MR) is 58.1 cm³/mol. The highest BCUT2D eigenvalue weighted by Crippen LogP contribution is 2.21. The van der Waals surface area contributed by atoms with E-state index in [9.17, 15) is 9.59 Å². The van der Waals surface area contributed by atoms with Crippen molar-refractivity contribution in [1.82, 2.24) is 5.32 Å². The van der Waals surface area contributed by atoms with Crippen molar-refractivity contribution >= 4 is 11.9 Å². The molecule has 2 N–H and O–H groups in total. The average molecular weight is 229 g/mol. The molecule has 0 aromatic rings. The van der Waals surface area contributed by atoms with Crippen LogP contribution in [0.2, 0.25) is 0 Å². The third-order valence-corrected chi connectivity index (χ3v) is 2.85. The molecule has 1 aliphatic heterocycles. The number of carbonyl (C=O) groups excluding carboxylic acids is 1. The monoisotopic (exact) mass is 229 g/mol. The number of hydrogen-bond donors (Lipinski definition) is 2. The number of unbranched alkanes of at least 4 members (excludes halogenated alkanes) is 1. The van der Waals surface area contributed by atoms with Crippen LogP contribution in [0.25, 0.3) is 0 Å². The average Bonchev–Trinajstić information content (AvgIpc) is 2.30. The molecule has 92 valence electrons. The maximum Gasteiger partial charge on any atom is 0.338 e. The number of aliphatic carboxylic acids is 1. The van der Waals surface area contributed by atoms with Crippen molar-refractivity contribution in [3.05, 3.63) is 0 Å². The molecule has 1 aliphatic rings. The van der Waals surface area contributed by atoms with E-state index in [0.29, 0.717) is 19.6 Å². The second-order valence-electron chi connectivity index (χ2n) is 4.08. The second-order valence-corrected chi connectivity index (χ2v) is 4.08. The zero-order valence-electron chi connectivity index (χ0n) is 9.62. The van der Waals surface area contributed by atoms with Gasteiger partial charge in [-0.1, -0.05) is 13.3 Å². The fraction of sp³-hybridized carbons (Fsp3) is 0.818. The summed E-state index contributed by atoms with van der Waals surface area (Å²) in [4.78, 5) is 23.0. The fourth-order valence-electron chi connectivity index (χ4n) is 1.78. The number of esters is 1. The maximum atomic E-state index is 11.8. The van der Waals surface area contributed by atoms with Crippen LogP contribution in [-0.4, -0.2) is 35.7 Å². The molecular formula is C11H19NO4. The molecule has 1 rings (SSSR count). The molecule has 1 saturated heterocycles. The van der Waals surface area contributed by atoms with Gasteiger partial charge in [-0.3, -0.25) is 5.32 Å². The summed E-state index contributed by atoms with van der Waals surface area (Å²) in [7, 11) is 0. The van der Waals surface area contributed by atoms with E-state index in [1.54, 1.807) is 0 Å². The Morgan fingerprint density at radius 2 is 2.19 bits per heavy atom. The van der Waals surface area contributed by atoms with Gasteiger partial charge in [0.05, 0.1) is 6.61 Å². The van der Waals surface area contributed by atoms with E-state index in [2.05, 4.69) is 5.32 Å². The molecule has 0 bridgehead atoms. The molecule has 0 aromatic heterocycles. The maximum absolute atomic E-state index is 11.8. The molecule has 0 spiro atoms. The van der Waals surface area contributed by atoms with Crippen LogP contribution in [0.5, 0.6) is 0 Å². The number of rotatable bonds is 5. The minimum atomic E-state index is -1.51. The Morgan fingerprint density at radius 1 is 1.44 bits per heavy atom. The summed E-state index contributed by atoms with van der Waals surface area (Å²) in [5.41, 5.74) is -1.51. The number of carboxylic acids is 1. The Kier molecular flexibility index (Phi) is 4.73. The van der Waals surface area contributed by atoms with Gasteiger partial charge in [-0.15, -0.1) is 0 Å². The number of ether oxygens (including phenoxy) is 1. The van der Waals surface area contributed by atoms with Crippen molar-refractivity contribution in [3.8, 4) is 0 Å². The van der Waals surface area contributed by atoms with E-state index in [1.165, 1.54) is 0 Å². The van der Waals surface area contributed by atoms with Crippen LogP contribution < -0.4 is 5.32 Å². The molecule has 0 saturated carbocycles. The smallest absolute Gasteiger partial charge is 0.338 e. The molecule has 0 radical (unpaired) electrons. The van der Waals surface area contributed by atoms with Crippen molar-refractivity contribution in [2.75, 3.05) is 13.2 Å². The molecule has 5 nitrogen and oxygen atoms in total. The van der Waals surface area contributed by atoms with E-state index in [1.807, 2.05) is 6.92 Å². The Hall–Kier alpha value is -1.10. The zero-order chi connectivity index (χ0) is 12.0. The van der Waals surface area contributed by atoms with Gasteiger partial charge in [0, 0.05) is 0 Å². The highest BCUT2D eigenvalue weighted by molar-refractivity contribution is 6.04. The Bertz CT molecular complexity index is 259. The molecule has 0 aromatic carbocycles. The Morgan fingerprint density at radius 3 is 2.69 bits per heavy atom. The SMILES string of the molecule is CCCCOC(=O)[C@]1(C(=O)O)CCCCN1. The van der Waals surface area contributed by atoms with Gasteiger partial charge in [0.2, 0.25) is 5.54 Å². The van der Waals surface area contributed by atoms with E-state index in [4.69, 9.17) is 9.84 Å². The molecular weight excluding hydrogens is 210 g/mol. The van der Waals surface area contributed by atoms with Crippen LogP contribution in [0.1, 0.15) is 39.0 Å². The number of carboxylic acid groups (broad SMARTS) is 1. The number of hydrogen-bond acceptors (Lipinski definition) is 4. The van der Waals surface area contributed by atoms with Crippen LogP contribution in [0, 0.1) is 0 Å². The number of piperidine rings is 1. The first-order chi connectivity index (χ1) is 7.63. The highest BCUT2D eigenvalue weighted by atomic mass is 16.5. The van der Waals surface area contributed by atoms with Crippen molar-refractivity contribution < 1.29 is 19.4 Å². The number of nitrogens with one attached hydrogen (secondary N) is 1. The van der Waals surface area contributed by atoms with E-state index < -0.39 is 17.5 Å². The minimum absolute atomic E-state index is 0.298. The van der Waals surface area contributed by atoms with Crippen LogP contribution in [-0.2, 0) is 14.3 Å². The van der Waals surface area contributed by atoms with Gasteiger partial charge in [-0.05, 0) is 32.2 Å². The first-order valence-corrected chi connectivity index (χ1v) is 5.79. The molecule has 16 heavy (non-hydrogen) atoms. The summed E-state index contributed by atoms with van der Waals surface area (Å²) in [6, 6.07) is 0. The lowest BCUT2D eigenvalue weighted by Gasteiger charge is -2.31. The molecule has 0 amide bonds. The molecule has 5 heteroatoms. The summed E-state index contributed by atoms with van der Waals surface area (Å²) in [6.45, 7) is 2.83. The van der Waals surface area contributed by atoms with Crippen molar-refractivity contribution in [1.29, 1.82) is 0 Å². The van der Waals surface area contributed by atoms with Crippen molar-refractivity contribution in [2.45, 2.75) is 44.6 Å². The van der Waals surface area contributed by atoms with Crippen LogP contribution >= 0.6 is 0 Å². The molecule has 0 aliphatic carbocycles. The summed E-state index contributed by atoms with van der Waals surface area (Å²) in [5.74, 6) is -1.78. The van der Waals surface area contributed by atoms with Crippen molar-refractivity contribution in [3.63, 3.8) is 0 Å². The molecule has 1 atom stereocenters.